The van der Waals surface area contributed by atoms with Crippen LogP contribution >= 0.6 is 0 Å². The van der Waals surface area contributed by atoms with E-state index in [0.29, 0.717) is 5.56 Å². The zero-order chi connectivity index (χ0) is 21.7. The van der Waals surface area contributed by atoms with Gasteiger partial charge in [-0.15, -0.1) is 0 Å². The number of hydrazone groups is 1. The third-order valence-electron chi connectivity index (χ3n) is 4.52. The van der Waals surface area contributed by atoms with Crippen LogP contribution in [0.15, 0.2) is 52.6 Å². The number of nitrogens with one attached hydrogen (secondary N) is 1. The lowest BCUT2D eigenvalue weighted by Crippen LogP contribution is -2.28. The topological polar surface area (TPSA) is 118 Å². The van der Waals surface area contributed by atoms with E-state index in [4.69, 9.17) is 0 Å². The quantitative estimate of drug-likeness (QED) is 0.547. The van der Waals surface area contributed by atoms with Crippen molar-refractivity contribution in [2.24, 2.45) is 5.10 Å². The van der Waals surface area contributed by atoms with Crippen LogP contribution in [0, 0.1) is 0 Å². The number of rotatable bonds is 6. The monoisotopic (exact) mass is 430 g/mol. The molecule has 1 fully saturated rings. The van der Waals surface area contributed by atoms with Crippen molar-refractivity contribution in [3.8, 4) is 0 Å². The first-order valence-electron chi connectivity index (χ1n) is 9.27. The number of amides is 1. The smallest absolute Gasteiger partial charge is 0.339 e. The highest BCUT2D eigenvalue weighted by Gasteiger charge is 2.20. The van der Waals surface area contributed by atoms with Gasteiger partial charge in [0.2, 0.25) is 0 Å². The molecule has 158 valence electrons. The summed E-state index contributed by atoms with van der Waals surface area (Å²) in [4.78, 5) is 28.7. The molecule has 2 aromatic rings. The molecule has 0 aliphatic carbocycles. The molecule has 1 saturated heterocycles. The van der Waals surface area contributed by atoms with Crippen LogP contribution in [0.3, 0.4) is 0 Å². The lowest BCUT2D eigenvalue weighted by molar-refractivity contribution is -0.110. The van der Waals surface area contributed by atoms with E-state index < -0.39 is 21.7 Å². The zero-order valence-corrected chi connectivity index (χ0v) is 17.5. The number of carbonyl (C=O) groups excluding carboxylic acids is 2. The van der Waals surface area contributed by atoms with Crippen LogP contribution in [0.25, 0.3) is 0 Å². The van der Waals surface area contributed by atoms with Crippen molar-refractivity contribution >= 4 is 33.2 Å². The van der Waals surface area contributed by atoms with Crippen molar-refractivity contribution in [2.45, 2.75) is 17.7 Å². The van der Waals surface area contributed by atoms with Gasteiger partial charge in [-0.1, -0.05) is 12.1 Å². The summed E-state index contributed by atoms with van der Waals surface area (Å²) in [5, 5.41) is 8.96. The Kier molecular flexibility index (Phi) is 6.46. The number of sulfone groups is 1. The number of ether oxygens (including phenoxy) is 1. The van der Waals surface area contributed by atoms with Gasteiger partial charge >= 0.3 is 5.97 Å². The summed E-state index contributed by atoms with van der Waals surface area (Å²) in [7, 11) is -2.08. The first-order valence-corrected chi connectivity index (χ1v) is 11.2. The summed E-state index contributed by atoms with van der Waals surface area (Å²) in [5.41, 5.74) is 0.895. The van der Waals surface area contributed by atoms with E-state index >= 15 is 0 Å². The standard InChI is InChI=1S/C20H22N4O5S/c1-29-20(26)15-7-10-17(21-13-15)22-19(25)18(23-24-11-3-4-12-24)14-5-8-16(9-6-14)30(2,27)28/h5-10,13H,3-4,11-12H2,1-2H3,(H,21,22,25). The van der Waals surface area contributed by atoms with Crippen LogP contribution in [-0.2, 0) is 19.4 Å². The summed E-state index contributed by atoms with van der Waals surface area (Å²) >= 11 is 0. The number of carbonyl (C=O) groups is 2. The molecule has 3 rings (SSSR count). The Hall–Kier alpha value is -3.27. The highest BCUT2D eigenvalue weighted by Crippen LogP contribution is 2.15. The average molecular weight is 430 g/mol. The molecule has 0 spiro atoms. The van der Waals surface area contributed by atoms with Gasteiger partial charge in [0.25, 0.3) is 5.91 Å². The van der Waals surface area contributed by atoms with Crippen LogP contribution < -0.4 is 5.32 Å². The summed E-state index contributed by atoms with van der Waals surface area (Å²) in [5.74, 6) is -0.774. The van der Waals surface area contributed by atoms with Crippen molar-refractivity contribution in [3.63, 3.8) is 0 Å². The molecular formula is C20H22N4O5S. The number of pyridine rings is 1. The third kappa shape index (κ3) is 5.20. The van der Waals surface area contributed by atoms with Crippen LogP contribution in [0.5, 0.6) is 0 Å². The lowest BCUT2D eigenvalue weighted by Gasteiger charge is -2.14. The molecule has 1 amide bonds. The van der Waals surface area contributed by atoms with E-state index in [1.165, 1.54) is 37.6 Å². The largest absolute Gasteiger partial charge is 0.465 e. The first kappa shape index (κ1) is 21.4. The molecule has 1 aromatic carbocycles. The second kappa shape index (κ2) is 9.04. The number of benzene rings is 1. The molecule has 0 radical (unpaired) electrons. The van der Waals surface area contributed by atoms with Crippen molar-refractivity contribution in [1.82, 2.24) is 9.99 Å². The van der Waals surface area contributed by atoms with E-state index in [9.17, 15) is 18.0 Å². The molecule has 9 nitrogen and oxygen atoms in total. The van der Waals surface area contributed by atoms with Gasteiger partial charge in [0, 0.05) is 31.1 Å². The summed E-state index contributed by atoms with van der Waals surface area (Å²) < 4.78 is 28.0. The fraction of sp³-hybridized carbons (Fsp3) is 0.300. The minimum absolute atomic E-state index is 0.149. The Morgan fingerprint density at radius 1 is 1.07 bits per heavy atom. The van der Waals surface area contributed by atoms with Crippen molar-refractivity contribution in [3.05, 3.63) is 53.7 Å². The molecule has 0 saturated carbocycles. The molecule has 10 heteroatoms. The van der Waals surface area contributed by atoms with Crippen LogP contribution in [0.1, 0.15) is 28.8 Å². The number of methoxy groups -OCH3 is 1. The maximum atomic E-state index is 12.9. The molecule has 1 aliphatic rings. The predicted molar refractivity (Wildman–Crippen MR) is 111 cm³/mol. The van der Waals surface area contributed by atoms with Gasteiger partial charge in [0.15, 0.2) is 15.5 Å². The fourth-order valence-electron chi connectivity index (χ4n) is 2.92. The molecule has 2 heterocycles. The van der Waals surface area contributed by atoms with Crippen LogP contribution in [-0.4, -0.2) is 62.5 Å². The van der Waals surface area contributed by atoms with Gasteiger partial charge in [0.1, 0.15) is 5.82 Å². The van der Waals surface area contributed by atoms with Gasteiger partial charge in [-0.2, -0.15) is 5.10 Å². The van der Waals surface area contributed by atoms with E-state index in [1.807, 2.05) is 5.01 Å². The second-order valence-electron chi connectivity index (χ2n) is 6.78. The Labute approximate surface area is 174 Å². The third-order valence-corrected chi connectivity index (χ3v) is 5.65. The Bertz CT molecular complexity index is 1060. The number of hydrogen-bond acceptors (Lipinski definition) is 8. The number of aromatic nitrogens is 1. The van der Waals surface area contributed by atoms with E-state index in [0.717, 1.165) is 32.2 Å². The maximum Gasteiger partial charge on any atom is 0.339 e. The molecule has 0 atom stereocenters. The van der Waals surface area contributed by atoms with E-state index in [2.05, 4.69) is 20.1 Å². The first-order chi connectivity index (χ1) is 14.3. The average Bonchev–Trinajstić information content (AvgIpc) is 3.25. The van der Waals surface area contributed by atoms with Gasteiger partial charge in [-0.25, -0.2) is 18.2 Å². The number of nitrogens with zero attached hydrogens (tertiary/aromatic N) is 3. The van der Waals surface area contributed by atoms with Crippen LogP contribution in [0.2, 0.25) is 0 Å². The molecule has 0 bridgehead atoms. The highest BCUT2D eigenvalue weighted by atomic mass is 32.2. The van der Waals surface area contributed by atoms with E-state index in [-0.39, 0.29) is 22.0 Å². The molecule has 1 aromatic heterocycles. The van der Waals surface area contributed by atoms with E-state index in [1.54, 1.807) is 12.1 Å². The zero-order valence-electron chi connectivity index (χ0n) is 16.7. The van der Waals surface area contributed by atoms with Gasteiger partial charge in [-0.05, 0) is 37.1 Å². The molecular weight excluding hydrogens is 408 g/mol. The van der Waals surface area contributed by atoms with Crippen molar-refractivity contribution in [2.75, 3.05) is 31.8 Å². The Morgan fingerprint density at radius 3 is 2.23 bits per heavy atom. The molecule has 30 heavy (non-hydrogen) atoms. The fourth-order valence-corrected chi connectivity index (χ4v) is 3.55. The Balaban J connectivity index is 1.86. The van der Waals surface area contributed by atoms with Gasteiger partial charge in [0.05, 0.1) is 17.6 Å². The lowest BCUT2D eigenvalue weighted by atomic mass is 10.1. The summed E-state index contributed by atoms with van der Waals surface area (Å²) in [6.07, 6.45) is 4.40. The van der Waals surface area contributed by atoms with Crippen molar-refractivity contribution in [1.29, 1.82) is 0 Å². The minimum Gasteiger partial charge on any atom is -0.465 e. The second-order valence-corrected chi connectivity index (χ2v) is 8.80. The number of anilines is 1. The van der Waals surface area contributed by atoms with Gasteiger partial charge < -0.3 is 10.1 Å². The molecule has 1 aliphatic heterocycles. The minimum atomic E-state index is -3.35. The van der Waals surface area contributed by atoms with Gasteiger partial charge in [-0.3, -0.25) is 9.80 Å². The summed E-state index contributed by atoms with van der Waals surface area (Å²) in [6.45, 7) is 1.48. The predicted octanol–water partition coefficient (Wildman–Crippen LogP) is 1.71. The SMILES string of the molecule is COC(=O)c1ccc(NC(=O)C(=NN2CCCC2)c2ccc(S(C)(=O)=O)cc2)nc1. The maximum absolute atomic E-state index is 12.9. The molecule has 0 unspecified atom stereocenters. The van der Waals surface area contributed by atoms with Crippen LogP contribution in [0.4, 0.5) is 5.82 Å². The van der Waals surface area contributed by atoms with Crippen molar-refractivity contribution < 1.29 is 22.7 Å². The number of esters is 1. The highest BCUT2D eigenvalue weighted by molar-refractivity contribution is 7.90. The Morgan fingerprint density at radius 2 is 1.70 bits per heavy atom. The number of hydrogen-bond donors (Lipinski definition) is 1. The molecule has 1 N–H and O–H groups in total. The normalized spacial score (nSPS) is 14.5. The summed E-state index contributed by atoms with van der Waals surface area (Å²) in [6, 6.07) is 8.98.